The summed E-state index contributed by atoms with van der Waals surface area (Å²) < 4.78 is 0. The Bertz CT molecular complexity index is 476. The molecule has 2 aliphatic rings. The highest BCUT2D eigenvalue weighted by atomic mass is 16.2. The molecule has 0 saturated carbocycles. The Labute approximate surface area is 113 Å². The molecule has 3 heterocycles. The lowest BCUT2D eigenvalue weighted by Crippen LogP contribution is -2.50. The number of anilines is 2. The molecule has 1 fully saturated rings. The lowest BCUT2D eigenvalue weighted by molar-refractivity contribution is 0.244. The first-order chi connectivity index (χ1) is 9.31. The molecule has 2 bridgehead atoms. The second kappa shape index (κ2) is 5.07. The van der Waals surface area contributed by atoms with Gasteiger partial charge in [-0.15, -0.1) is 0 Å². The van der Waals surface area contributed by atoms with E-state index in [0.717, 1.165) is 50.3 Å². The highest BCUT2D eigenvalue weighted by Gasteiger charge is 2.38. The van der Waals surface area contributed by atoms with Gasteiger partial charge in [-0.3, -0.25) is 9.88 Å². The second-order valence-electron chi connectivity index (χ2n) is 5.21. The van der Waals surface area contributed by atoms with Crippen molar-refractivity contribution in [3.05, 3.63) is 18.5 Å². The SMILES string of the molecule is CCCCNC(=O)N1c2ccncc2N2CCC1C2. The molecule has 102 valence electrons. The van der Waals surface area contributed by atoms with Crippen molar-refractivity contribution in [2.24, 2.45) is 0 Å². The maximum atomic E-state index is 12.4. The number of fused-ring (bicyclic) bond motifs is 4. The van der Waals surface area contributed by atoms with Gasteiger partial charge < -0.3 is 10.2 Å². The summed E-state index contributed by atoms with van der Waals surface area (Å²) in [5.41, 5.74) is 2.08. The summed E-state index contributed by atoms with van der Waals surface area (Å²) in [5.74, 6) is 0. The lowest BCUT2D eigenvalue weighted by atomic mass is 10.1. The number of nitrogens with zero attached hydrogens (tertiary/aromatic N) is 3. The van der Waals surface area contributed by atoms with Crippen molar-refractivity contribution < 1.29 is 4.79 Å². The number of aromatic nitrogens is 1. The normalized spacial score (nSPS) is 20.4. The van der Waals surface area contributed by atoms with E-state index < -0.39 is 0 Å². The maximum Gasteiger partial charge on any atom is 0.322 e. The summed E-state index contributed by atoms with van der Waals surface area (Å²) in [6.45, 7) is 4.83. The van der Waals surface area contributed by atoms with Gasteiger partial charge in [0.15, 0.2) is 0 Å². The topological polar surface area (TPSA) is 48.5 Å². The molecule has 0 radical (unpaired) electrons. The molecule has 19 heavy (non-hydrogen) atoms. The third-order valence-electron chi connectivity index (χ3n) is 3.93. The first-order valence-corrected chi connectivity index (χ1v) is 7.07. The summed E-state index contributed by atoms with van der Waals surface area (Å²) in [4.78, 5) is 20.8. The minimum absolute atomic E-state index is 0.0347. The molecule has 1 saturated heterocycles. The summed E-state index contributed by atoms with van der Waals surface area (Å²) in [6, 6.07) is 2.28. The molecule has 3 rings (SSSR count). The summed E-state index contributed by atoms with van der Waals surface area (Å²) in [7, 11) is 0. The van der Waals surface area contributed by atoms with E-state index in [2.05, 4.69) is 22.1 Å². The van der Waals surface area contributed by atoms with Crippen LogP contribution < -0.4 is 15.1 Å². The van der Waals surface area contributed by atoms with Crippen LogP contribution in [0.4, 0.5) is 16.2 Å². The second-order valence-corrected chi connectivity index (χ2v) is 5.21. The number of amides is 2. The van der Waals surface area contributed by atoms with Gasteiger partial charge in [-0.2, -0.15) is 0 Å². The molecule has 2 aliphatic heterocycles. The summed E-state index contributed by atoms with van der Waals surface area (Å²) in [6.07, 6.45) is 6.79. The van der Waals surface area contributed by atoms with Gasteiger partial charge in [0.05, 0.1) is 23.6 Å². The first-order valence-electron chi connectivity index (χ1n) is 7.07. The van der Waals surface area contributed by atoms with E-state index in [4.69, 9.17) is 0 Å². The molecule has 1 aromatic heterocycles. The fourth-order valence-electron chi connectivity index (χ4n) is 2.93. The highest BCUT2D eigenvalue weighted by molar-refractivity contribution is 5.97. The van der Waals surface area contributed by atoms with Crippen LogP contribution in [0.5, 0.6) is 0 Å². The molecule has 5 heteroatoms. The van der Waals surface area contributed by atoms with Crippen molar-refractivity contribution in [3.8, 4) is 0 Å². The van der Waals surface area contributed by atoms with Crippen LogP contribution in [-0.4, -0.2) is 36.7 Å². The molecule has 0 spiro atoms. The van der Waals surface area contributed by atoms with Gasteiger partial charge in [-0.1, -0.05) is 13.3 Å². The molecule has 1 unspecified atom stereocenters. The van der Waals surface area contributed by atoms with Gasteiger partial charge in [0.25, 0.3) is 0 Å². The molecule has 1 aromatic rings. The van der Waals surface area contributed by atoms with Crippen LogP contribution in [0, 0.1) is 0 Å². The minimum atomic E-state index is 0.0347. The molecular weight excluding hydrogens is 240 g/mol. The number of nitrogens with one attached hydrogen (secondary N) is 1. The Morgan fingerprint density at radius 2 is 2.42 bits per heavy atom. The highest BCUT2D eigenvalue weighted by Crippen LogP contribution is 2.39. The van der Waals surface area contributed by atoms with Crippen molar-refractivity contribution in [2.75, 3.05) is 29.4 Å². The monoisotopic (exact) mass is 260 g/mol. The third kappa shape index (κ3) is 2.13. The molecule has 1 atom stereocenters. The summed E-state index contributed by atoms with van der Waals surface area (Å²) in [5, 5.41) is 3.03. The molecule has 5 nitrogen and oxygen atoms in total. The largest absolute Gasteiger partial charge is 0.366 e. The maximum absolute atomic E-state index is 12.4. The Morgan fingerprint density at radius 1 is 1.53 bits per heavy atom. The van der Waals surface area contributed by atoms with E-state index in [1.54, 1.807) is 6.20 Å². The summed E-state index contributed by atoms with van der Waals surface area (Å²) >= 11 is 0. The first kappa shape index (κ1) is 12.3. The molecule has 0 aliphatic carbocycles. The van der Waals surface area contributed by atoms with E-state index >= 15 is 0 Å². The zero-order valence-electron chi connectivity index (χ0n) is 11.3. The van der Waals surface area contributed by atoms with Crippen molar-refractivity contribution >= 4 is 17.4 Å². The number of carbonyl (C=O) groups is 1. The number of hydrogen-bond acceptors (Lipinski definition) is 3. The van der Waals surface area contributed by atoms with E-state index in [1.807, 2.05) is 17.2 Å². The van der Waals surface area contributed by atoms with Crippen molar-refractivity contribution in [3.63, 3.8) is 0 Å². The van der Waals surface area contributed by atoms with Crippen LogP contribution in [0.25, 0.3) is 0 Å². The predicted molar refractivity (Wildman–Crippen MR) is 75.6 cm³/mol. The van der Waals surface area contributed by atoms with Crippen LogP contribution in [0.3, 0.4) is 0 Å². The Hall–Kier alpha value is -1.78. The zero-order chi connectivity index (χ0) is 13.2. The van der Waals surface area contributed by atoms with Crippen molar-refractivity contribution in [1.29, 1.82) is 0 Å². The Balaban J connectivity index is 1.83. The quantitative estimate of drug-likeness (QED) is 0.846. The van der Waals surface area contributed by atoms with Gasteiger partial charge in [0.2, 0.25) is 0 Å². The van der Waals surface area contributed by atoms with Crippen LogP contribution in [0.15, 0.2) is 18.5 Å². The van der Waals surface area contributed by atoms with Crippen molar-refractivity contribution in [2.45, 2.75) is 32.2 Å². The number of rotatable bonds is 3. The van der Waals surface area contributed by atoms with Gasteiger partial charge in [-0.25, -0.2) is 4.79 Å². The van der Waals surface area contributed by atoms with Crippen LogP contribution in [0.2, 0.25) is 0 Å². The van der Waals surface area contributed by atoms with Gasteiger partial charge in [0.1, 0.15) is 0 Å². The standard InChI is InChI=1S/C14H20N4O/c1-2-3-6-16-14(19)18-11-5-8-17(10-11)13-9-15-7-4-12(13)18/h4,7,9,11H,2-3,5-6,8,10H2,1H3,(H,16,19). The average Bonchev–Trinajstić information content (AvgIpc) is 2.84. The van der Waals surface area contributed by atoms with Crippen LogP contribution in [-0.2, 0) is 0 Å². The van der Waals surface area contributed by atoms with E-state index in [-0.39, 0.29) is 6.03 Å². The number of hydrogen-bond donors (Lipinski definition) is 1. The lowest BCUT2D eigenvalue weighted by Gasteiger charge is -2.36. The zero-order valence-corrected chi connectivity index (χ0v) is 11.3. The average molecular weight is 260 g/mol. The van der Waals surface area contributed by atoms with E-state index in [9.17, 15) is 4.79 Å². The van der Waals surface area contributed by atoms with Gasteiger partial charge >= 0.3 is 6.03 Å². The fraction of sp³-hybridized carbons (Fsp3) is 0.571. The number of urea groups is 1. The Morgan fingerprint density at radius 3 is 3.26 bits per heavy atom. The van der Waals surface area contributed by atoms with Crippen LogP contribution >= 0.6 is 0 Å². The minimum Gasteiger partial charge on any atom is -0.366 e. The van der Waals surface area contributed by atoms with E-state index in [0.29, 0.717) is 6.04 Å². The molecular formula is C14H20N4O. The van der Waals surface area contributed by atoms with Crippen molar-refractivity contribution in [1.82, 2.24) is 10.3 Å². The molecule has 2 amide bonds. The molecule has 1 N–H and O–H groups in total. The number of unbranched alkanes of at least 4 members (excludes halogenated alkanes) is 1. The van der Waals surface area contributed by atoms with E-state index in [1.165, 1.54) is 0 Å². The van der Waals surface area contributed by atoms with Gasteiger partial charge in [-0.05, 0) is 18.9 Å². The smallest absolute Gasteiger partial charge is 0.322 e. The third-order valence-corrected chi connectivity index (χ3v) is 3.93. The van der Waals surface area contributed by atoms with Crippen LogP contribution in [0.1, 0.15) is 26.2 Å². The Kier molecular flexibility index (Phi) is 3.27. The number of carbonyl (C=O) groups excluding carboxylic acids is 1. The molecule has 0 aromatic carbocycles. The predicted octanol–water partition coefficient (Wildman–Crippen LogP) is 1.99. The van der Waals surface area contributed by atoms with Gasteiger partial charge in [0, 0.05) is 25.8 Å². The number of pyridine rings is 1. The fourth-order valence-corrected chi connectivity index (χ4v) is 2.93.